The molecule has 74 heavy (non-hydrogen) atoms. The maximum absolute atomic E-state index is 13.6. The number of rotatable bonds is 16. The van der Waals surface area contributed by atoms with Gasteiger partial charge < -0.3 is 83.1 Å². The molecule has 26 atom stereocenters. The van der Waals surface area contributed by atoms with Gasteiger partial charge in [-0.2, -0.15) is 0 Å². The Balaban J connectivity index is 1.31. The molecule has 0 bridgehead atoms. The predicted molar refractivity (Wildman–Crippen MR) is 269 cm³/mol. The van der Waals surface area contributed by atoms with Crippen molar-refractivity contribution >= 4 is 11.9 Å². The van der Waals surface area contributed by atoms with Crippen molar-refractivity contribution in [1.82, 2.24) is 0 Å². The molecule has 5 aliphatic heterocycles. The zero-order valence-corrected chi connectivity index (χ0v) is 45.7. The van der Waals surface area contributed by atoms with Crippen LogP contribution in [0.25, 0.3) is 0 Å². The first-order chi connectivity index (χ1) is 34.9. The highest BCUT2D eigenvalue weighted by molar-refractivity contribution is 5.83. The standard InChI is InChI=1S/C55H90O19/c1-14-37-34(9)73-54(65-12,26-41(37)68-45-24-39(56)49(62)36(11)67-45)32(7)47(60)30(5)51-28(3)20-16-18-23-44(59)71-52(29(4)21-17-19-22-43(58)70-51)31(6)48(61)33(8)55(66-13)27-42(38(15-2)35(10)74-55)69-46-25-40(57)50(63)53(64)72-46/h16-23,28-42,45-53,56-57,60-64H,14-15,24-27H2,1-13H3/b20-16+,21-17+,22-19+,23-18+/t28-,29-,30-,31-,32-,33-,34+,35+,36-,37+,38+,39-,40-,41+,42+,45-,46+,47+,48+,49+,50-,51-,52-,53+,54+,55+/m0/s1. The third-order valence-electron chi connectivity index (χ3n) is 16.9. The molecule has 19 nitrogen and oxygen atoms in total. The van der Waals surface area contributed by atoms with Gasteiger partial charge in [-0.05, 0) is 33.6 Å². The highest BCUT2D eigenvalue weighted by Gasteiger charge is 2.55. The number of cyclic esters (lactones) is 2. The van der Waals surface area contributed by atoms with E-state index in [1.807, 2.05) is 48.5 Å². The number of hydrogen-bond donors (Lipinski definition) is 7. The maximum Gasteiger partial charge on any atom is 0.331 e. The van der Waals surface area contributed by atoms with Crippen LogP contribution in [0.15, 0.2) is 48.6 Å². The zero-order chi connectivity index (χ0) is 55.0. The molecule has 5 heterocycles. The third kappa shape index (κ3) is 14.5. The normalized spacial score (nSPS) is 45.1. The molecule has 5 aliphatic rings. The Bertz CT molecular complexity index is 1740. The van der Waals surface area contributed by atoms with Gasteiger partial charge in [0.2, 0.25) is 0 Å². The van der Waals surface area contributed by atoms with Crippen molar-refractivity contribution in [3.63, 3.8) is 0 Å². The number of esters is 2. The first-order valence-electron chi connectivity index (χ1n) is 26.8. The number of ether oxygens (including phenoxy) is 10. The van der Waals surface area contributed by atoms with Crippen LogP contribution in [-0.2, 0) is 57.0 Å². The van der Waals surface area contributed by atoms with Gasteiger partial charge in [-0.15, -0.1) is 0 Å². The predicted octanol–water partition coefficient (Wildman–Crippen LogP) is 4.36. The van der Waals surface area contributed by atoms with Crippen molar-refractivity contribution in [2.75, 3.05) is 14.2 Å². The Labute approximate surface area is 438 Å². The van der Waals surface area contributed by atoms with Gasteiger partial charge >= 0.3 is 11.9 Å². The summed E-state index contributed by atoms with van der Waals surface area (Å²) in [5.74, 6) is -8.03. The molecule has 0 aromatic rings. The molecule has 0 aromatic heterocycles. The van der Waals surface area contributed by atoms with Gasteiger partial charge in [0.15, 0.2) is 30.4 Å². The maximum atomic E-state index is 13.6. The second-order valence-corrected chi connectivity index (χ2v) is 21.7. The van der Waals surface area contributed by atoms with Crippen LogP contribution >= 0.6 is 0 Å². The number of aliphatic hydroxyl groups is 7. The summed E-state index contributed by atoms with van der Waals surface area (Å²) in [5.41, 5.74) is 0. The summed E-state index contributed by atoms with van der Waals surface area (Å²) in [4.78, 5) is 27.2. The summed E-state index contributed by atoms with van der Waals surface area (Å²) in [6.07, 6.45) is -0.601. The van der Waals surface area contributed by atoms with Gasteiger partial charge in [0.25, 0.3) is 0 Å². The van der Waals surface area contributed by atoms with Gasteiger partial charge in [-0.3, -0.25) is 0 Å². The highest BCUT2D eigenvalue weighted by atomic mass is 16.8. The van der Waals surface area contributed by atoms with E-state index >= 15 is 0 Å². The number of methoxy groups -OCH3 is 2. The largest absolute Gasteiger partial charge is 0.458 e. The van der Waals surface area contributed by atoms with E-state index in [0.29, 0.717) is 12.8 Å². The fraction of sp³-hybridized carbons (Fsp3) is 0.818. The van der Waals surface area contributed by atoms with Crippen LogP contribution < -0.4 is 0 Å². The lowest BCUT2D eigenvalue weighted by Gasteiger charge is -2.52. The molecule has 0 amide bonds. The van der Waals surface area contributed by atoms with Gasteiger partial charge in [0, 0.05) is 99.4 Å². The molecule has 0 aromatic carbocycles. The molecule has 0 radical (unpaired) electrons. The Hall–Kier alpha value is -2.70. The Morgan fingerprint density at radius 1 is 0.595 bits per heavy atom. The first-order valence-corrected chi connectivity index (χ1v) is 26.8. The van der Waals surface area contributed by atoms with E-state index in [9.17, 15) is 45.3 Å². The van der Waals surface area contributed by atoms with E-state index < -0.39 is 151 Å². The number of aliphatic hydroxyl groups excluding tert-OH is 7. The van der Waals surface area contributed by atoms with E-state index in [0.717, 1.165) is 0 Å². The van der Waals surface area contributed by atoms with Crippen LogP contribution in [0.4, 0.5) is 0 Å². The minimum Gasteiger partial charge on any atom is -0.458 e. The van der Waals surface area contributed by atoms with Crippen LogP contribution in [0.5, 0.6) is 0 Å². The van der Waals surface area contributed by atoms with Crippen molar-refractivity contribution in [3.8, 4) is 0 Å². The molecular weight excluding hydrogens is 965 g/mol. The Kier molecular flexibility index (Phi) is 22.9. The molecule has 0 spiro atoms. The van der Waals surface area contributed by atoms with E-state index in [-0.39, 0.29) is 43.6 Å². The zero-order valence-electron chi connectivity index (χ0n) is 45.7. The van der Waals surface area contributed by atoms with E-state index in [1.54, 1.807) is 52.0 Å². The van der Waals surface area contributed by atoms with E-state index in [1.165, 1.54) is 38.5 Å². The van der Waals surface area contributed by atoms with E-state index in [4.69, 9.17) is 47.4 Å². The van der Waals surface area contributed by atoms with Gasteiger partial charge in [0.1, 0.15) is 24.4 Å². The van der Waals surface area contributed by atoms with Crippen LogP contribution in [-0.4, -0.2) is 172 Å². The lowest BCUT2D eigenvalue weighted by Crippen LogP contribution is -2.60. The summed E-state index contributed by atoms with van der Waals surface area (Å²) in [6, 6.07) is 0. The van der Waals surface area contributed by atoms with Gasteiger partial charge in [0.05, 0.1) is 54.9 Å². The monoisotopic (exact) mass is 1050 g/mol. The highest BCUT2D eigenvalue weighted by Crippen LogP contribution is 2.47. The topological polar surface area (TPSA) is 268 Å². The molecule has 7 N–H and O–H groups in total. The molecule has 0 unspecified atom stereocenters. The van der Waals surface area contributed by atoms with Gasteiger partial charge in [-0.1, -0.05) is 91.8 Å². The summed E-state index contributed by atoms with van der Waals surface area (Å²) < 4.78 is 62.1. The smallest absolute Gasteiger partial charge is 0.331 e. The molecule has 0 saturated carbocycles. The summed E-state index contributed by atoms with van der Waals surface area (Å²) in [6.45, 7) is 20.4. The van der Waals surface area contributed by atoms with Crippen molar-refractivity contribution in [1.29, 1.82) is 0 Å². The van der Waals surface area contributed by atoms with Gasteiger partial charge in [-0.25, -0.2) is 9.59 Å². The SMILES string of the molecule is CC[C@@H]1[C@@H](C)O[C@@](OC)([C@@H](C)[C@H](O)[C@H](C)[C@H]2OC(=O)/C=C/C=C/[C@H](C)[C@@H]([C@@H](C)[C@@H](O)[C@H](C)[C@@]3(OC)C[C@@H](O[C@H]4C[C@H](O)[C@H](O)[C@H](O)O4)[C@H](CC)[C@@H](C)O3)OC(=O)/C=C/C=C/[C@@H]2C)C[C@H]1O[C@H]1C[C@H](O)[C@H](O)[C@H](C)O1. The fourth-order valence-electron chi connectivity index (χ4n) is 12.0. The van der Waals surface area contributed by atoms with Crippen molar-refractivity contribution in [2.24, 2.45) is 47.3 Å². The number of hydrogen-bond acceptors (Lipinski definition) is 19. The molecule has 424 valence electrons. The molecule has 5 rings (SSSR count). The first kappa shape index (κ1) is 62.1. The minimum absolute atomic E-state index is 0.0693. The Morgan fingerprint density at radius 3 is 1.35 bits per heavy atom. The fourth-order valence-corrected chi connectivity index (χ4v) is 12.0. The van der Waals surface area contributed by atoms with Crippen molar-refractivity contribution in [2.45, 2.75) is 224 Å². The van der Waals surface area contributed by atoms with Crippen molar-refractivity contribution in [3.05, 3.63) is 48.6 Å². The summed E-state index contributed by atoms with van der Waals surface area (Å²) in [5, 5.41) is 75.8. The average Bonchev–Trinajstić information content (AvgIpc) is 3.36. The second kappa shape index (κ2) is 27.3. The van der Waals surface area contributed by atoms with Crippen LogP contribution in [0.1, 0.15) is 115 Å². The average molecular weight is 1060 g/mol. The number of carbonyl (C=O) groups is 2. The molecule has 4 fully saturated rings. The van der Waals surface area contributed by atoms with Crippen LogP contribution in [0, 0.1) is 47.3 Å². The van der Waals surface area contributed by atoms with E-state index in [2.05, 4.69) is 0 Å². The lowest BCUT2D eigenvalue weighted by molar-refractivity contribution is -0.363. The second-order valence-electron chi connectivity index (χ2n) is 21.7. The van der Waals surface area contributed by atoms with Crippen LogP contribution in [0.3, 0.4) is 0 Å². The molecule has 0 aliphatic carbocycles. The summed E-state index contributed by atoms with van der Waals surface area (Å²) >= 11 is 0. The summed E-state index contributed by atoms with van der Waals surface area (Å²) in [7, 11) is 3.00. The molecule has 19 heteroatoms. The quantitative estimate of drug-likeness (QED) is 0.106. The minimum atomic E-state index is -1.64. The lowest BCUT2D eigenvalue weighted by atomic mass is 9.76. The Morgan fingerprint density at radius 2 is 0.986 bits per heavy atom. The van der Waals surface area contributed by atoms with Crippen LogP contribution in [0.2, 0.25) is 0 Å². The number of carbonyl (C=O) groups excluding carboxylic acids is 2. The molecule has 4 saturated heterocycles. The number of allylic oxidation sites excluding steroid dienone is 4. The van der Waals surface area contributed by atoms with Crippen molar-refractivity contribution < 1.29 is 92.7 Å². The molecular formula is C55H90O19. The third-order valence-corrected chi connectivity index (χ3v) is 16.9.